The number of guanidine groups is 1. The van der Waals surface area contributed by atoms with E-state index in [1.165, 1.54) is 24.2 Å². The highest BCUT2D eigenvalue weighted by Gasteiger charge is 2.11. The van der Waals surface area contributed by atoms with Gasteiger partial charge >= 0.3 is 0 Å². The van der Waals surface area contributed by atoms with Gasteiger partial charge in [-0.2, -0.15) is 23.5 Å². The van der Waals surface area contributed by atoms with Crippen molar-refractivity contribution in [3.63, 3.8) is 0 Å². The average Bonchev–Trinajstić information content (AvgIpc) is 2.53. The SMILES string of the molecule is CN=C(NCCCCSC)NCC(SC)c1cccc(Cl)c1. The molecule has 1 unspecified atom stereocenters. The van der Waals surface area contributed by atoms with Crippen LogP contribution in [0.3, 0.4) is 0 Å². The summed E-state index contributed by atoms with van der Waals surface area (Å²) in [6.07, 6.45) is 6.67. The Labute approximate surface area is 148 Å². The lowest BCUT2D eigenvalue weighted by Gasteiger charge is -2.18. The van der Waals surface area contributed by atoms with E-state index in [9.17, 15) is 0 Å². The molecule has 0 aliphatic rings. The maximum Gasteiger partial charge on any atom is 0.191 e. The predicted molar refractivity (Wildman–Crippen MR) is 105 cm³/mol. The fourth-order valence-electron chi connectivity index (χ4n) is 2.03. The summed E-state index contributed by atoms with van der Waals surface area (Å²) in [7, 11) is 1.81. The summed E-state index contributed by atoms with van der Waals surface area (Å²) in [5.74, 6) is 2.09. The van der Waals surface area contributed by atoms with Crippen molar-refractivity contribution >= 4 is 41.1 Å². The van der Waals surface area contributed by atoms with Gasteiger partial charge in [-0.3, -0.25) is 4.99 Å². The van der Waals surface area contributed by atoms with Crippen LogP contribution in [0, 0.1) is 0 Å². The van der Waals surface area contributed by atoms with E-state index >= 15 is 0 Å². The minimum Gasteiger partial charge on any atom is -0.356 e. The Balaban J connectivity index is 2.40. The van der Waals surface area contributed by atoms with E-state index in [0.717, 1.165) is 24.1 Å². The molecule has 0 amide bonds. The molecule has 0 aliphatic heterocycles. The van der Waals surface area contributed by atoms with Gasteiger partial charge in [-0.05, 0) is 48.8 Å². The van der Waals surface area contributed by atoms with E-state index < -0.39 is 0 Å². The number of halogens is 1. The van der Waals surface area contributed by atoms with Gasteiger partial charge in [-0.15, -0.1) is 0 Å². The predicted octanol–water partition coefficient (Wildman–Crippen LogP) is 4.05. The van der Waals surface area contributed by atoms with Gasteiger partial charge in [0.25, 0.3) is 0 Å². The zero-order valence-electron chi connectivity index (χ0n) is 13.6. The molecule has 22 heavy (non-hydrogen) atoms. The van der Waals surface area contributed by atoms with Crippen LogP contribution in [0.25, 0.3) is 0 Å². The molecule has 2 N–H and O–H groups in total. The van der Waals surface area contributed by atoms with Crippen LogP contribution >= 0.6 is 35.1 Å². The number of hydrogen-bond donors (Lipinski definition) is 2. The third-order valence-corrected chi connectivity index (χ3v) is 5.19. The first-order valence-electron chi connectivity index (χ1n) is 7.43. The number of nitrogens with zero attached hydrogens (tertiary/aromatic N) is 1. The fourth-order valence-corrected chi connectivity index (χ4v) is 3.39. The summed E-state index contributed by atoms with van der Waals surface area (Å²) in [5.41, 5.74) is 1.24. The number of aliphatic imine (C=N–C) groups is 1. The smallest absolute Gasteiger partial charge is 0.191 e. The van der Waals surface area contributed by atoms with Crippen molar-refractivity contribution in [3.05, 3.63) is 34.9 Å². The Bertz CT molecular complexity index is 455. The molecule has 0 saturated heterocycles. The first kappa shape index (κ1) is 19.5. The van der Waals surface area contributed by atoms with Gasteiger partial charge in [0, 0.05) is 30.4 Å². The molecule has 1 atom stereocenters. The van der Waals surface area contributed by atoms with Gasteiger partial charge in [-0.25, -0.2) is 0 Å². The molecule has 0 aromatic heterocycles. The summed E-state index contributed by atoms with van der Waals surface area (Å²) in [6, 6.07) is 8.06. The minimum atomic E-state index is 0.355. The lowest BCUT2D eigenvalue weighted by molar-refractivity contribution is 0.728. The summed E-state index contributed by atoms with van der Waals surface area (Å²) in [4.78, 5) is 4.28. The standard InChI is InChI=1S/C16H26ClN3S2/c1-18-16(19-9-4-5-10-21-2)20-12-15(22-3)13-7-6-8-14(17)11-13/h6-8,11,15H,4-5,9-10,12H2,1-3H3,(H2,18,19,20). The summed E-state index contributed by atoms with van der Waals surface area (Å²) >= 11 is 9.79. The van der Waals surface area contributed by atoms with Crippen LogP contribution in [0.1, 0.15) is 23.7 Å². The summed E-state index contributed by atoms with van der Waals surface area (Å²) in [6.45, 7) is 1.79. The van der Waals surface area contributed by atoms with Crippen molar-refractivity contribution in [2.45, 2.75) is 18.1 Å². The van der Waals surface area contributed by atoms with E-state index in [0.29, 0.717) is 5.25 Å². The van der Waals surface area contributed by atoms with Gasteiger partial charge in [-0.1, -0.05) is 23.7 Å². The normalized spacial score (nSPS) is 13.0. The average molecular weight is 360 g/mol. The number of nitrogens with one attached hydrogen (secondary N) is 2. The Hall–Kier alpha value is -0.520. The monoisotopic (exact) mass is 359 g/mol. The van der Waals surface area contributed by atoms with E-state index in [4.69, 9.17) is 11.6 Å². The van der Waals surface area contributed by atoms with Gasteiger partial charge in [0.15, 0.2) is 5.96 Å². The van der Waals surface area contributed by atoms with E-state index in [-0.39, 0.29) is 0 Å². The lowest BCUT2D eigenvalue weighted by atomic mass is 10.1. The Morgan fingerprint density at radius 3 is 2.73 bits per heavy atom. The second kappa shape index (κ2) is 12.0. The van der Waals surface area contributed by atoms with Crippen molar-refractivity contribution < 1.29 is 0 Å². The number of unbranched alkanes of at least 4 members (excludes halogenated alkanes) is 1. The van der Waals surface area contributed by atoms with Crippen LogP contribution in [-0.2, 0) is 0 Å². The molecule has 0 saturated carbocycles. The second-order valence-electron chi connectivity index (χ2n) is 4.86. The quantitative estimate of drug-likeness (QED) is 0.396. The Kier molecular flexibility index (Phi) is 10.6. The molecule has 0 aliphatic carbocycles. The molecule has 1 aromatic rings. The summed E-state index contributed by atoms with van der Waals surface area (Å²) < 4.78 is 0. The zero-order chi connectivity index (χ0) is 16.2. The third-order valence-electron chi connectivity index (χ3n) is 3.25. The number of rotatable bonds is 9. The van der Waals surface area contributed by atoms with Gasteiger partial charge in [0.05, 0.1) is 0 Å². The highest BCUT2D eigenvalue weighted by molar-refractivity contribution is 7.99. The summed E-state index contributed by atoms with van der Waals surface area (Å²) in [5, 5.41) is 7.90. The molecule has 0 heterocycles. The van der Waals surface area contributed by atoms with Crippen LogP contribution < -0.4 is 10.6 Å². The highest BCUT2D eigenvalue weighted by Crippen LogP contribution is 2.27. The van der Waals surface area contributed by atoms with Crippen molar-refractivity contribution in [2.75, 3.05) is 38.4 Å². The topological polar surface area (TPSA) is 36.4 Å². The van der Waals surface area contributed by atoms with Crippen LogP contribution in [-0.4, -0.2) is 44.4 Å². The molecule has 1 aromatic carbocycles. The molecule has 3 nitrogen and oxygen atoms in total. The van der Waals surface area contributed by atoms with E-state index in [1.807, 2.05) is 48.8 Å². The second-order valence-corrected chi connectivity index (χ2v) is 7.32. The largest absolute Gasteiger partial charge is 0.356 e. The van der Waals surface area contributed by atoms with E-state index in [2.05, 4.69) is 34.2 Å². The molecule has 1 rings (SSSR count). The van der Waals surface area contributed by atoms with Crippen LogP contribution in [0.5, 0.6) is 0 Å². The van der Waals surface area contributed by atoms with Crippen molar-refractivity contribution in [3.8, 4) is 0 Å². The molecule has 124 valence electrons. The molecule has 0 bridgehead atoms. The first-order valence-corrected chi connectivity index (χ1v) is 10.5. The maximum atomic E-state index is 6.08. The van der Waals surface area contributed by atoms with Gasteiger partial charge in [0.2, 0.25) is 0 Å². The Morgan fingerprint density at radius 2 is 2.09 bits per heavy atom. The number of thioether (sulfide) groups is 2. The van der Waals surface area contributed by atoms with Crippen molar-refractivity contribution in [1.82, 2.24) is 10.6 Å². The van der Waals surface area contributed by atoms with Crippen molar-refractivity contribution in [2.24, 2.45) is 4.99 Å². The van der Waals surface area contributed by atoms with Gasteiger partial charge in [0.1, 0.15) is 0 Å². The maximum absolute atomic E-state index is 6.08. The fraction of sp³-hybridized carbons (Fsp3) is 0.562. The molecule has 0 fully saturated rings. The minimum absolute atomic E-state index is 0.355. The van der Waals surface area contributed by atoms with E-state index in [1.54, 1.807) is 0 Å². The first-order chi connectivity index (χ1) is 10.7. The van der Waals surface area contributed by atoms with Gasteiger partial charge < -0.3 is 10.6 Å². The molecular weight excluding hydrogens is 334 g/mol. The van der Waals surface area contributed by atoms with Crippen LogP contribution in [0.15, 0.2) is 29.3 Å². The number of benzene rings is 1. The zero-order valence-corrected chi connectivity index (χ0v) is 16.0. The molecule has 0 spiro atoms. The molecular formula is C16H26ClN3S2. The third kappa shape index (κ3) is 7.65. The number of hydrogen-bond acceptors (Lipinski definition) is 3. The van der Waals surface area contributed by atoms with Crippen molar-refractivity contribution in [1.29, 1.82) is 0 Å². The highest BCUT2D eigenvalue weighted by atomic mass is 35.5. The van der Waals surface area contributed by atoms with Crippen LogP contribution in [0.4, 0.5) is 0 Å². The lowest BCUT2D eigenvalue weighted by Crippen LogP contribution is -2.39. The molecule has 6 heteroatoms. The van der Waals surface area contributed by atoms with Crippen LogP contribution in [0.2, 0.25) is 5.02 Å². The molecule has 0 radical (unpaired) electrons. The Morgan fingerprint density at radius 1 is 1.27 bits per heavy atom.